The Balaban J connectivity index is 1.78. The van der Waals surface area contributed by atoms with Crippen LogP contribution in [0.4, 0.5) is 10.6 Å². The molecule has 29 heavy (non-hydrogen) atoms. The van der Waals surface area contributed by atoms with E-state index in [4.69, 9.17) is 14.6 Å². The predicted octanol–water partition coefficient (Wildman–Crippen LogP) is 4.16. The molecule has 0 spiro atoms. The molecule has 1 amide bonds. The standard InChI is InChI=1S/C22H28N4O3/c1-22(2,3)29-21(27)24-13-15-8-6-9-16(12-15)14-26-17-10-7-11-18(28-5)19(17)20(23-4)25-26/h6-12H,13-14H2,1-5H3,(H,23,25)(H,24,27). The largest absolute Gasteiger partial charge is 0.496 e. The Morgan fingerprint density at radius 3 is 2.55 bits per heavy atom. The number of aromatic nitrogens is 2. The fraction of sp³-hybridized carbons (Fsp3) is 0.364. The highest BCUT2D eigenvalue weighted by molar-refractivity contribution is 5.95. The lowest BCUT2D eigenvalue weighted by Crippen LogP contribution is -2.32. The molecule has 7 nitrogen and oxygen atoms in total. The molecule has 2 aromatic carbocycles. The summed E-state index contributed by atoms with van der Waals surface area (Å²) in [5.41, 5.74) is 2.56. The second kappa shape index (κ2) is 8.43. The number of rotatable bonds is 6. The number of hydrogen-bond donors (Lipinski definition) is 2. The minimum Gasteiger partial charge on any atom is -0.496 e. The van der Waals surface area contributed by atoms with Crippen molar-refractivity contribution in [2.75, 3.05) is 19.5 Å². The summed E-state index contributed by atoms with van der Waals surface area (Å²) in [5.74, 6) is 1.56. The van der Waals surface area contributed by atoms with Crippen molar-refractivity contribution < 1.29 is 14.3 Å². The van der Waals surface area contributed by atoms with Crippen LogP contribution in [-0.2, 0) is 17.8 Å². The molecule has 0 bridgehead atoms. The molecule has 0 atom stereocenters. The predicted molar refractivity (Wildman–Crippen MR) is 114 cm³/mol. The molecule has 1 heterocycles. The number of amides is 1. The van der Waals surface area contributed by atoms with Crippen LogP contribution in [0.15, 0.2) is 42.5 Å². The van der Waals surface area contributed by atoms with Gasteiger partial charge in [-0.15, -0.1) is 0 Å². The smallest absolute Gasteiger partial charge is 0.407 e. The van der Waals surface area contributed by atoms with Gasteiger partial charge in [0.05, 0.1) is 24.6 Å². The first-order chi connectivity index (χ1) is 13.8. The van der Waals surface area contributed by atoms with E-state index < -0.39 is 11.7 Å². The second-order valence-corrected chi connectivity index (χ2v) is 7.79. The zero-order chi connectivity index (χ0) is 21.0. The molecule has 0 saturated carbocycles. The normalized spacial score (nSPS) is 11.3. The Labute approximate surface area is 171 Å². The van der Waals surface area contributed by atoms with Crippen LogP contribution in [0.1, 0.15) is 31.9 Å². The van der Waals surface area contributed by atoms with Crippen LogP contribution in [0, 0.1) is 0 Å². The maximum absolute atomic E-state index is 11.9. The Morgan fingerprint density at radius 1 is 1.14 bits per heavy atom. The lowest BCUT2D eigenvalue weighted by Gasteiger charge is -2.19. The topological polar surface area (TPSA) is 77.4 Å². The van der Waals surface area contributed by atoms with Gasteiger partial charge in [0.2, 0.25) is 0 Å². The summed E-state index contributed by atoms with van der Waals surface area (Å²) in [5, 5.41) is 11.6. The van der Waals surface area contributed by atoms with Crippen LogP contribution in [0.25, 0.3) is 10.9 Å². The Hall–Kier alpha value is -3.22. The van der Waals surface area contributed by atoms with E-state index in [9.17, 15) is 4.79 Å². The highest BCUT2D eigenvalue weighted by atomic mass is 16.6. The van der Waals surface area contributed by atoms with E-state index in [0.717, 1.165) is 33.6 Å². The van der Waals surface area contributed by atoms with Crippen molar-refractivity contribution in [1.29, 1.82) is 0 Å². The van der Waals surface area contributed by atoms with Crippen molar-refractivity contribution >= 4 is 22.8 Å². The fourth-order valence-electron chi connectivity index (χ4n) is 3.16. The highest BCUT2D eigenvalue weighted by Crippen LogP contribution is 2.32. The van der Waals surface area contributed by atoms with Gasteiger partial charge in [-0.05, 0) is 44.0 Å². The maximum atomic E-state index is 11.9. The van der Waals surface area contributed by atoms with Crippen molar-refractivity contribution in [2.24, 2.45) is 0 Å². The number of anilines is 1. The number of alkyl carbamates (subject to hydrolysis) is 1. The lowest BCUT2D eigenvalue weighted by molar-refractivity contribution is 0.0523. The van der Waals surface area contributed by atoms with Gasteiger partial charge < -0.3 is 20.1 Å². The molecule has 0 fully saturated rings. The van der Waals surface area contributed by atoms with E-state index in [2.05, 4.69) is 16.7 Å². The molecule has 3 rings (SSSR count). The molecule has 154 valence electrons. The van der Waals surface area contributed by atoms with Gasteiger partial charge in [-0.1, -0.05) is 30.3 Å². The summed E-state index contributed by atoms with van der Waals surface area (Å²) in [4.78, 5) is 11.9. The molecule has 0 radical (unpaired) electrons. The lowest BCUT2D eigenvalue weighted by atomic mass is 10.1. The molecule has 0 unspecified atom stereocenters. The van der Waals surface area contributed by atoms with Crippen molar-refractivity contribution in [3.8, 4) is 5.75 Å². The van der Waals surface area contributed by atoms with E-state index in [1.54, 1.807) is 7.11 Å². The summed E-state index contributed by atoms with van der Waals surface area (Å²) in [6.07, 6.45) is -0.424. The summed E-state index contributed by atoms with van der Waals surface area (Å²) >= 11 is 0. The third-order valence-electron chi connectivity index (χ3n) is 4.36. The number of ether oxygens (including phenoxy) is 2. The molecule has 0 saturated heterocycles. The van der Waals surface area contributed by atoms with E-state index in [1.807, 2.05) is 68.9 Å². The van der Waals surface area contributed by atoms with E-state index >= 15 is 0 Å². The SMILES string of the molecule is CNc1nn(Cc2cccc(CNC(=O)OC(C)(C)C)c2)c2cccc(OC)c12. The molecule has 0 aliphatic rings. The first-order valence-corrected chi connectivity index (χ1v) is 9.56. The summed E-state index contributed by atoms with van der Waals surface area (Å²) < 4.78 is 12.7. The van der Waals surface area contributed by atoms with Gasteiger partial charge in [0.15, 0.2) is 5.82 Å². The number of methoxy groups -OCH3 is 1. The number of carbonyl (C=O) groups excluding carboxylic acids is 1. The highest BCUT2D eigenvalue weighted by Gasteiger charge is 2.16. The van der Waals surface area contributed by atoms with Crippen LogP contribution in [0.2, 0.25) is 0 Å². The molecule has 2 N–H and O–H groups in total. The minimum absolute atomic E-state index is 0.401. The molecule has 0 aliphatic heterocycles. The Kier molecular flexibility index (Phi) is 5.96. The van der Waals surface area contributed by atoms with E-state index in [-0.39, 0.29) is 0 Å². The van der Waals surface area contributed by atoms with E-state index in [0.29, 0.717) is 13.1 Å². The quantitative estimate of drug-likeness (QED) is 0.654. The number of hydrogen-bond acceptors (Lipinski definition) is 5. The van der Waals surface area contributed by atoms with Gasteiger partial charge in [0.1, 0.15) is 11.4 Å². The zero-order valence-electron chi connectivity index (χ0n) is 17.6. The van der Waals surface area contributed by atoms with Crippen molar-refractivity contribution in [3.63, 3.8) is 0 Å². The van der Waals surface area contributed by atoms with E-state index in [1.165, 1.54) is 0 Å². The molecule has 0 aliphatic carbocycles. The summed E-state index contributed by atoms with van der Waals surface area (Å²) in [6.45, 7) is 6.53. The van der Waals surface area contributed by atoms with Crippen molar-refractivity contribution in [3.05, 3.63) is 53.6 Å². The van der Waals surface area contributed by atoms with Gasteiger partial charge in [-0.25, -0.2) is 4.79 Å². The van der Waals surface area contributed by atoms with Gasteiger partial charge in [0, 0.05) is 13.6 Å². The summed E-state index contributed by atoms with van der Waals surface area (Å²) in [7, 11) is 3.51. The van der Waals surface area contributed by atoms with Crippen LogP contribution in [-0.4, -0.2) is 35.6 Å². The number of nitrogens with zero attached hydrogens (tertiary/aromatic N) is 2. The number of nitrogens with one attached hydrogen (secondary N) is 2. The van der Waals surface area contributed by atoms with Gasteiger partial charge in [-0.3, -0.25) is 4.68 Å². The van der Waals surface area contributed by atoms with Gasteiger partial charge >= 0.3 is 6.09 Å². The molecule has 3 aromatic rings. The van der Waals surface area contributed by atoms with Gasteiger partial charge in [0.25, 0.3) is 0 Å². The molecular weight excluding hydrogens is 368 g/mol. The number of fused-ring (bicyclic) bond motifs is 1. The maximum Gasteiger partial charge on any atom is 0.407 e. The Bertz CT molecular complexity index is 1000. The van der Waals surface area contributed by atoms with Crippen molar-refractivity contribution in [2.45, 2.75) is 39.5 Å². The monoisotopic (exact) mass is 396 g/mol. The van der Waals surface area contributed by atoms with Crippen LogP contribution in [0.5, 0.6) is 5.75 Å². The number of benzene rings is 2. The average Bonchev–Trinajstić information content (AvgIpc) is 3.03. The molecule has 7 heteroatoms. The molecular formula is C22H28N4O3. The Morgan fingerprint density at radius 2 is 1.86 bits per heavy atom. The molecule has 1 aromatic heterocycles. The third-order valence-corrected chi connectivity index (χ3v) is 4.36. The fourth-order valence-corrected chi connectivity index (χ4v) is 3.16. The first kappa shape index (κ1) is 20.5. The van der Waals surface area contributed by atoms with Crippen LogP contribution >= 0.6 is 0 Å². The van der Waals surface area contributed by atoms with Crippen molar-refractivity contribution in [1.82, 2.24) is 15.1 Å². The third kappa shape index (κ3) is 4.99. The van der Waals surface area contributed by atoms with Crippen LogP contribution in [0.3, 0.4) is 0 Å². The van der Waals surface area contributed by atoms with Gasteiger partial charge in [-0.2, -0.15) is 5.10 Å². The van der Waals surface area contributed by atoms with Crippen LogP contribution < -0.4 is 15.4 Å². The minimum atomic E-state index is -0.515. The first-order valence-electron chi connectivity index (χ1n) is 9.56. The summed E-state index contributed by atoms with van der Waals surface area (Å²) in [6, 6.07) is 14.0. The number of carbonyl (C=O) groups is 1. The zero-order valence-corrected chi connectivity index (χ0v) is 17.6. The second-order valence-electron chi connectivity index (χ2n) is 7.79. The average molecular weight is 396 g/mol.